The number of hydrogen-bond acceptors (Lipinski definition) is 2. The molecule has 0 amide bonds. The van der Waals surface area contributed by atoms with E-state index in [0.29, 0.717) is 4.77 Å². The fourth-order valence-electron chi connectivity index (χ4n) is 2.36. The maximum Gasteiger partial charge on any atom is 0.182 e. The Morgan fingerprint density at radius 3 is 2.70 bits per heavy atom. The fraction of sp³-hybridized carbons (Fsp3) is 0.250. The number of nitrogens with one attached hydrogen (secondary N) is 1. The van der Waals surface area contributed by atoms with Crippen molar-refractivity contribution in [3.05, 3.63) is 53.2 Å². The van der Waals surface area contributed by atoms with Gasteiger partial charge in [-0.2, -0.15) is 0 Å². The maximum absolute atomic E-state index is 5.43. The molecule has 0 saturated carbocycles. The van der Waals surface area contributed by atoms with Crippen LogP contribution in [0.4, 0.5) is 0 Å². The lowest BCUT2D eigenvalue weighted by Crippen LogP contribution is -2.16. The van der Waals surface area contributed by atoms with Crippen LogP contribution in [0.5, 0.6) is 0 Å². The first-order chi connectivity index (χ1) is 9.47. The average molecular weight is 283 g/mol. The summed E-state index contributed by atoms with van der Waals surface area (Å²) in [6, 6.07) is 10.2. The zero-order valence-electron chi connectivity index (χ0n) is 11.8. The predicted octanol–water partition coefficient (Wildman–Crippen LogP) is 4.38. The van der Waals surface area contributed by atoms with Gasteiger partial charge in [0.1, 0.15) is 0 Å². The maximum atomic E-state index is 5.43. The van der Waals surface area contributed by atoms with Crippen LogP contribution >= 0.6 is 12.2 Å². The Bertz CT molecular complexity index is 821. The molecule has 0 saturated heterocycles. The molecule has 0 unspecified atom stereocenters. The molecule has 1 aromatic carbocycles. The van der Waals surface area contributed by atoms with Crippen LogP contribution in [0.3, 0.4) is 0 Å². The molecule has 0 atom stereocenters. The van der Waals surface area contributed by atoms with E-state index in [0.717, 1.165) is 22.3 Å². The third-order valence-corrected chi connectivity index (χ3v) is 3.68. The molecule has 0 aliphatic rings. The van der Waals surface area contributed by atoms with Crippen LogP contribution in [0.15, 0.2) is 42.7 Å². The highest BCUT2D eigenvalue weighted by Crippen LogP contribution is 2.26. The molecule has 3 rings (SSSR count). The Hall–Kier alpha value is -1.94. The minimum Gasteiger partial charge on any atom is -0.337 e. The highest BCUT2D eigenvalue weighted by atomic mass is 32.1. The lowest BCUT2D eigenvalue weighted by atomic mass is 9.92. The third kappa shape index (κ3) is 2.16. The van der Waals surface area contributed by atoms with Crippen molar-refractivity contribution < 1.29 is 0 Å². The van der Waals surface area contributed by atoms with E-state index in [9.17, 15) is 0 Å². The zero-order valence-corrected chi connectivity index (χ0v) is 12.7. The molecule has 0 aliphatic carbocycles. The van der Waals surface area contributed by atoms with Gasteiger partial charge in [0, 0.05) is 22.7 Å². The van der Waals surface area contributed by atoms with Crippen LogP contribution in [-0.2, 0) is 5.41 Å². The Kier molecular flexibility index (Phi) is 2.98. The molecular weight excluding hydrogens is 266 g/mol. The van der Waals surface area contributed by atoms with Crippen molar-refractivity contribution in [2.24, 2.45) is 0 Å². The molecule has 3 nitrogen and oxygen atoms in total. The SMILES string of the molecule is CC(C)(C)c1c[nH]c(=S)n1-c1cnc2ccccc2c1. The van der Waals surface area contributed by atoms with Crippen molar-refractivity contribution in [1.29, 1.82) is 0 Å². The van der Waals surface area contributed by atoms with Crippen molar-refractivity contribution in [1.82, 2.24) is 14.5 Å². The number of H-pyrrole nitrogens is 1. The van der Waals surface area contributed by atoms with Gasteiger partial charge in [-0.25, -0.2) is 0 Å². The summed E-state index contributed by atoms with van der Waals surface area (Å²) in [4.78, 5) is 7.66. The summed E-state index contributed by atoms with van der Waals surface area (Å²) in [5.74, 6) is 0. The van der Waals surface area contributed by atoms with Crippen molar-refractivity contribution in [3.8, 4) is 5.69 Å². The van der Waals surface area contributed by atoms with Gasteiger partial charge in [0.15, 0.2) is 4.77 Å². The Labute approximate surface area is 123 Å². The van der Waals surface area contributed by atoms with Gasteiger partial charge in [-0.1, -0.05) is 39.0 Å². The van der Waals surface area contributed by atoms with Crippen molar-refractivity contribution >= 4 is 23.1 Å². The summed E-state index contributed by atoms with van der Waals surface area (Å²) in [6.45, 7) is 6.53. The minimum atomic E-state index is 0.0131. The number of aromatic nitrogens is 3. The quantitative estimate of drug-likeness (QED) is 0.672. The van der Waals surface area contributed by atoms with E-state index >= 15 is 0 Å². The average Bonchev–Trinajstić information content (AvgIpc) is 2.80. The molecule has 0 fully saturated rings. The fourth-order valence-corrected chi connectivity index (χ4v) is 2.62. The normalized spacial score (nSPS) is 11.9. The number of imidazole rings is 1. The van der Waals surface area contributed by atoms with Gasteiger partial charge < -0.3 is 4.98 Å². The number of fused-ring (bicyclic) bond motifs is 1. The van der Waals surface area contributed by atoms with Crippen LogP contribution in [-0.4, -0.2) is 14.5 Å². The topological polar surface area (TPSA) is 33.6 Å². The molecule has 0 spiro atoms. The standard InChI is InChI=1S/C16H17N3S/c1-16(2,3)14-10-18-15(20)19(14)12-8-11-6-4-5-7-13(11)17-9-12/h4-10H,1-3H3,(H,18,20). The van der Waals surface area contributed by atoms with E-state index in [2.05, 4.69) is 47.4 Å². The van der Waals surface area contributed by atoms with E-state index in [1.807, 2.05) is 30.6 Å². The number of pyridine rings is 1. The van der Waals surface area contributed by atoms with E-state index in [1.54, 1.807) is 0 Å². The number of rotatable bonds is 1. The molecule has 0 bridgehead atoms. The number of benzene rings is 1. The first-order valence-electron chi connectivity index (χ1n) is 6.63. The second kappa shape index (κ2) is 4.56. The van der Waals surface area contributed by atoms with Crippen LogP contribution in [0.25, 0.3) is 16.6 Å². The van der Waals surface area contributed by atoms with Crippen molar-refractivity contribution in [2.75, 3.05) is 0 Å². The second-order valence-corrected chi connectivity index (χ2v) is 6.34. The summed E-state index contributed by atoms with van der Waals surface area (Å²) >= 11 is 5.43. The first kappa shape index (κ1) is 13.1. The Morgan fingerprint density at radius 2 is 1.95 bits per heavy atom. The summed E-state index contributed by atoms with van der Waals surface area (Å²) in [5, 5.41) is 1.12. The molecule has 2 heterocycles. The summed E-state index contributed by atoms with van der Waals surface area (Å²) in [7, 11) is 0. The number of aromatic amines is 1. The lowest BCUT2D eigenvalue weighted by molar-refractivity contribution is 0.555. The van der Waals surface area contributed by atoms with Gasteiger partial charge in [0.25, 0.3) is 0 Å². The molecule has 3 aromatic rings. The third-order valence-electron chi connectivity index (χ3n) is 3.38. The number of nitrogens with zero attached hydrogens (tertiary/aromatic N) is 2. The van der Waals surface area contributed by atoms with Gasteiger partial charge in [0.05, 0.1) is 17.4 Å². The Balaban J connectivity index is 2.26. The van der Waals surface area contributed by atoms with Crippen LogP contribution < -0.4 is 0 Å². The van der Waals surface area contributed by atoms with E-state index in [4.69, 9.17) is 12.2 Å². The van der Waals surface area contributed by atoms with Crippen LogP contribution in [0, 0.1) is 4.77 Å². The molecule has 0 radical (unpaired) electrons. The molecule has 1 N–H and O–H groups in total. The van der Waals surface area contributed by atoms with Gasteiger partial charge >= 0.3 is 0 Å². The number of para-hydroxylation sites is 1. The molecule has 4 heteroatoms. The van der Waals surface area contributed by atoms with Crippen molar-refractivity contribution in [2.45, 2.75) is 26.2 Å². The van der Waals surface area contributed by atoms with Gasteiger partial charge in [-0.15, -0.1) is 0 Å². The monoisotopic (exact) mass is 283 g/mol. The molecule has 0 aliphatic heterocycles. The number of hydrogen-bond donors (Lipinski definition) is 1. The van der Waals surface area contributed by atoms with Gasteiger partial charge in [-0.3, -0.25) is 9.55 Å². The van der Waals surface area contributed by atoms with E-state index in [1.165, 1.54) is 0 Å². The van der Waals surface area contributed by atoms with E-state index in [-0.39, 0.29) is 5.41 Å². The summed E-state index contributed by atoms with van der Waals surface area (Å²) in [6.07, 6.45) is 3.86. The zero-order chi connectivity index (χ0) is 14.3. The predicted molar refractivity (Wildman–Crippen MR) is 85.0 cm³/mol. The minimum absolute atomic E-state index is 0.0131. The highest BCUT2D eigenvalue weighted by molar-refractivity contribution is 7.71. The summed E-state index contributed by atoms with van der Waals surface area (Å²) < 4.78 is 2.77. The molecular formula is C16H17N3S. The van der Waals surface area contributed by atoms with Crippen molar-refractivity contribution in [3.63, 3.8) is 0 Å². The second-order valence-electron chi connectivity index (χ2n) is 5.95. The van der Waals surface area contributed by atoms with Crippen LogP contribution in [0.1, 0.15) is 26.5 Å². The Morgan fingerprint density at radius 1 is 1.20 bits per heavy atom. The van der Waals surface area contributed by atoms with Gasteiger partial charge in [0.2, 0.25) is 0 Å². The van der Waals surface area contributed by atoms with E-state index < -0.39 is 0 Å². The molecule has 2 aromatic heterocycles. The summed E-state index contributed by atoms with van der Waals surface area (Å²) in [5.41, 5.74) is 3.16. The molecule has 20 heavy (non-hydrogen) atoms. The highest BCUT2D eigenvalue weighted by Gasteiger charge is 2.20. The lowest BCUT2D eigenvalue weighted by Gasteiger charge is -2.20. The smallest absolute Gasteiger partial charge is 0.182 e. The van der Waals surface area contributed by atoms with Crippen LogP contribution in [0.2, 0.25) is 0 Å². The largest absolute Gasteiger partial charge is 0.337 e. The molecule has 102 valence electrons. The first-order valence-corrected chi connectivity index (χ1v) is 7.04. The van der Waals surface area contributed by atoms with Gasteiger partial charge in [-0.05, 0) is 24.4 Å².